The van der Waals surface area contributed by atoms with E-state index in [9.17, 15) is 9.59 Å². The molecule has 7 heteroatoms. The number of nitrogens with zero attached hydrogens (tertiary/aromatic N) is 1. The third-order valence-corrected chi connectivity index (χ3v) is 4.23. The van der Waals surface area contributed by atoms with E-state index in [1.165, 1.54) is 18.9 Å². The van der Waals surface area contributed by atoms with E-state index < -0.39 is 0 Å². The number of halogens is 2. The molecule has 0 saturated heterocycles. The van der Waals surface area contributed by atoms with Gasteiger partial charge in [-0.1, -0.05) is 41.4 Å². The Morgan fingerprint density at radius 1 is 1.12 bits per heavy atom. The summed E-state index contributed by atoms with van der Waals surface area (Å²) in [5, 5.41) is 3.70. The quantitative estimate of drug-likeness (QED) is 0.831. The Kier molecular flexibility index (Phi) is 6.67. The van der Waals surface area contributed by atoms with Gasteiger partial charge in [0.2, 0.25) is 11.8 Å². The van der Waals surface area contributed by atoms with Crippen LogP contribution in [0, 0.1) is 0 Å². The topological polar surface area (TPSA) is 58.6 Å². The number of methoxy groups -OCH3 is 1. The number of carbonyl (C=O) groups is 2. The van der Waals surface area contributed by atoms with Crippen molar-refractivity contribution in [3.05, 3.63) is 58.1 Å². The van der Waals surface area contributed by atoms with Crippen molar-refractivity contribution in [2.45, 2.75) is 13.5 Å². The fraction of sp³-hybridized carbons (Fsp3) is 0.222. The number of carbonyl (C=O) groups excluding carboxylic acids is 2. The molecule has 0 aliphatic heterocycles. The first-order chi connectivity index (χ1) is 11.9. The number of ether oxygens (including phenoxy) is 1. The summed E-state index contributed by atoms with van der Waals surface area (Å²) in [7, 11) is 1.51. The number of rotatable bonds is 6. The number of hydrogen-bond donors (Lipinski definition) is 1. The van der Waals surface area contributed by atoms with Gasteiger partial charge in [-0.15, -0.1) is 0 Å². The van der Waals surface area contributed by atoms with Crippen molar-refractivity contribution in [2.24, 2.45) is 0 Å². The molecular weight excluding hydrogens is 363 g/mol. The van der Waals surface area contributed by atoms with Crippen molar-refractivity contribution in [1.29, 1.82) is 0 Å². The first-order valence-electron chi connectivity index (χ1n) is 7.54. The van der Waals surface area contributed by atoms with Crippen molar-refractivity contribution in [1.82, 2.24) is 5.32 Å². The van der Waals surface area contributed by atoms with Crippen LogP contribution in [-0.4, -0.2) is 25.5 Å². The van der Waals surface area contributed by atoms with Crippen LogP contribution < -0.4 is 15.0 Å². The van der Waals surface area contributed by atoms with Gasteiger partial charge >= 0.3 is 0 Å². The number of anilines is 1. The zero-order chi connectivity index (χ0) is 18.4. The Bertz CT molecular complexity index is 781. The molecule has 0 saturated carbocycles. The van der Waals surface area contributed by atoms with Gasteiger partial charge < -0.3 is 15.0 Å². The molecule has 0 unspecified atom stereocenters. The number of amides is 2. The zero-order valence-corrected chi connectivity index (χ0v) is 15.4. The van der Waals surface area contributed by atoms with E-state index >= 15 is 0 Å². The predicted octanol–water partition coefficient (Wildman–Crippen LogP) is 3.67. The molecule has 0 aromatic heterocycles. The van der Waals surface area contributed by atoms with Crippen molar-refractivity contribution in [3.63, 3.8) is 0 Å². The summed E-state index contributed by atoms with van der Waals surface area (Å²) in [6.45, 7) is 1.55. The second-order valence-corrected chi connectivity index (χ2v) is 6.11. The highest BCUT2D eigenvalue weighted by atomic mass is 35.5. The summed E-state index contributed by atoms with van der Waals surface area (Å²) in [6, 6.07) is 12.2. The molecule has 25 heavy (non-hydrogen) atoms. The molecule has 5 nitrogen and oxygen atoms in total. The molecule has 0 aliphatic rings. The maximum Gasteiger partial charge on any atom is 0.240 e. The van der Waals surface area contributed by atoms with E-state index in [4.69, 9.17) is 27.9 Å². The maximum absolute atomic E-state index is 12.2. The average Bonchev–Trinajstić information content (AvgIpc) is 2.58. The molecule has 2 amide bonds. The Hall–Kier alpha value is -2.24. The molecular formula is C18H18Cl2N2O3. The maximum atomic E-state index is 12.2. The molecule has 0 fully saturated rings. The van der Waals surface area contributed by atoms with Crippen molar-refractivity contribution < 1.29 is 14.3 Å². The van der Waals surface area contributed by atoms with Gasteiger partial charge in [0.1, 0.15) is 12.3 Å². The van der Waals surface area contributed by atoms with Gasteiger partial charge in [0.15, 0.2) is 0 Å². The van der Waals surface area contributed by atoms with E-state index in [-0.39, 0.29) is 24.9 Å². The van der Waals surface area contributed by atoms with E-state index in [1.54, 1.807) is 24.3 Å². The molecule has 0 bridgehead atoms. The first kappa shape index (κ1) is 19.1. The van der Waals surface area contributed by atoms with Crippen molar-refractivity contribution in [2.75, 3.05) is 18.6 Å². The van der Waals surface area contributed by atoms with Crippen LogP contribution in [0.1, 0.15) is 12.5 Å². The smallest absolute Gasteiger partial charge is 0.240 e. The second-order valence-electron chi connectivity index (χ2n) is 5.29. The van der Waals surface area contributed by atoms with Crippen molar-refractivity contribution >= 4 is 40.7 Å². The molecule has 0 spiro atoms. The predicted molar refractivity (Wildman–Crippen MR) is 99.3 cm³/mol. The average molecular weight is 381 g/mol. The number of benzene rings is 2. The first-order valence-corrected chi connectivity index (χ1v) is 8.29. The standard InChI is InChI=1S/C18H18Cl2N2O3/c1-12(23)22(14-7-8-17(25-2)16(20)9-14)11-18(24)21-10-13-5-3-4-6-15(13)19/h3-9H,10-11H2,1-2H3,(H,21,24). The lowest BCUT2D eigenvalue weighted by atomic mass is 10.2. The van der Waals surface area contributed by atoms with Gasteiger partial charge in [0, 0.05) is 24.2 Å². The van der Waals surface area contributed by atoms with Gasteiger partial charge in [-0.3, -0.25) is 9.59 Å². The zero-order valence-electron chi connectivity index (χ0n) is 13.9. The molecule has 2 aromatic rings. The molecule has 0 aliphatic carbocycles. The lowest BCUT2D eigenvalue weighted by Gasteiger charge is -2.21. The van der Waals surface area contributed by atoms with E-state index in [0.717, 1.165) is 5.56 Å². The minimum absolute atomic E-state index is 0.123. The molecule has 2 aromatic carbocycles. The van der Waals surface area contributed by atoms with Crippen LogP contribution in [0.15, 0.2) is 42.5 Å². The number of hydrogen-bond acceptors (Lipinski definition) is 3. The molecule has 0 atom stereocenters. The summed E-state index contributed by atoms with van der Waals surface area (Å²) in [6.07, 6.45) is 0. The lowest BCUT2D eigenvalue weighted by Crippen LogP contribution is -2.39. The Labute approximate surface area is 156 Å². The van der Waals surface area contributed by atoms with E-state index in [2.05, 4.69) is 5.32 Å². The fourth-order valence-electron chi connectivity index (χ4n) is 2.24. The van der Waals surface area contributed by atoms with Crippen molar-refractivity contribution in [3.8, 4) is 5.75 Å². The summed E-state index contributed by atoms with van der Waals surface area (Å²) in [4.78, 5) is 25.5. The summed E-state index contributed by atoms with van der Waals surface area (Å²) in [5.74, 6) is -0.0757. The van der Waals surface area contributed by atoms with Crippen LogP contribution in [0.5, 0.6) is 5.75 Å². The highest BCUT2D eigenvalue weighted by molar-refractivity contribution is 6.32. The van der Waals surface area contributed by atoms with Crippen LogP contribution in [0.3, 0.4) is 0 Å². The summed E-state index contributed by atoms with van der Waals surface area (Å²) >= 11 is 12.2. The van der Waals surface area contributed by atoms with E-state index in [0.29, 0.717) is 21.5 Å². The third kappa shape index (κ3) is 5.11. The highest BCUT2D eigenvalue weighted by Gasteiger charge is 2.17. The minimum Gasteiger partial charge on any atom is -0.495 e. The second kappa shape index (κ2) is 8.74. The Balaban J connectivity index is 2.06. The highest BCUT2D eigenvalue weighted by Crippen LogP contribution is 2.29. The van der Waals surface area contributed by atoms with Crippen LogP contribution in [0.25, 0.3) is 0 Å². The largest absolute Gasteiger partial charge is 0.495 e. The lowest BCUT2D eigenvalue weighted by molar-refractivity contribution is -0.123. The SMILES string of the molecule is COc1ccc(N(CC(=O)NCc2ccccc2Cl)C(C)=O)cc1Cl. The Morgan fingerprint density at radius 2 is 1.84 bits per heavy atom. The molecule has 0 heterocycles. The summed E-state index contributed by atoms with van der Waals surface area (Å²) in [5.41, 5.74) is 1.32. The molecule has 132 valence electrons. The van der Waals surface area contributed by atoms with E-state index in [1.807, 2.05) is 18.2 Å². The normalized spacial score (nSPS) is 10.2. The van der Waals surface area contributed by atoms with Gasteiger partial charge in [-0.25, -0.2) is 0 Å². The fourth-order valence-corrected chi connectivity index (χ4v) is 2.70. The van der Waals surface area contributed by atoms with Gasteiger partial charge in [0.05, 0.1) is 12.1 Å². The van der Waals surface area contributed by atoms with Gasteiger partial charge in [0.25, 0.3) is 0 Å². The minimum atomic E-state index is -0.304. The van der Waals surface area contributed by atoms with Gasteiger partial charge in [-0.2, -0.15) is 0 Å². The van der Waals surface area contributed by atoms with Crippen LogP contribution in [0.2, 0.25) is 10.0 Å². The van der Waals surface area contributed by atoms with Crippen LogP contribution in [0.4, 0.5) is 5.69 Å². The third-order valence-electron chi connectivity index (χ3n) is 3.56. The molecule has 0 radical (unpaired) electrons. The van der Waals surface area contributed by atoms with Crippen LogP contribution >= 0.6 is 23.2 Å². The molecule has 1 N–H and O–H groups in total. The molecule has 2 rings (SSSR count). The Morgan fingerprint density at radius 3 is 2.44 bits per heavy atom. The summed E-state index contributed by atoms with van der Waals surface area (Å²) < 4.78 is 5.09. The monoisotopic (exact) mass is 380 g/mol. The van der Waals surface area contributed by atoms with Gasteiger partial charge in [-0.05, 0) is 29.8 Å². The van der Waals surface area contributed by atoms with Crippen LogP contribution in [-0.2, 0) is 16.1 Å². The number of nitrogens with one attached hydrogen (secondary N) is 1.